The van der Waals surface area contributed by atoms with Crippen molar-refractivity contribution in [2.75, 3.05) is 0 Å². The van der Waals surface area contributed by atoms with E-state index in [4.69, 9.17) is 5.11 Å². The van der Waals surface area contributed by atoms with Gasteiger partial charge in [-0.2, -0.15) is 0 Å². The van der Waals surface area contributed by atoms with Crippen molar-refractivity contribution in [1.82, 2.24) is 0 Å². The van der Waals surface area contributed by atoms with Gasteiger partial charge < -0.3 is 5.11 Å². The lowest BCUT2D eigenvalue weighted by atomic mass is 9.98. The molecule has 1 nitrogen and oxygen atoms in total. The van der Waals surface area contributed by atoms with Crippen molar-refractivity contribution in [3.63, 3.8) is 0 Å². The molecule has 1 unspecified atom stereocenters. The van der Waals surface area contributed by atoms with Crippen LogP contribution in [0, 0.1) is 12.5 Å². The summed E-state index contributed by atoms with van der Waals surface area (Å²) in [5.41, 5.74) is 0. The molecular formula is C10H21O. The lowest BCUT2D eigenvalue weighted by Crippen LogP contribution is -2.00. The molecule has 0 aromatic heterocycles. The number of hydrogen-bond donors (Lipinski definition) is 1. The van der Waals surface area contributed by atoms with Crippen molar-refractivity contribution in [3.8, 4) is 0 Å². The molecule has 0 fully saturated rings. The third kappa shape index (κ3) is 6.36. The molecule has 0 rings (SSSR count). The summed E-state index contributed by atoms with van der Waals surface area (Å²) >= 11 is 0. The van der Waals surface area contributed by atoms with E-state index in [-0.39, 0.29) is 0 Å². The van der Waals surface area contributed by atoms with Gasteiger partial charge in [0.15, 0.2) is 0 Å². The molecule has 11 heavy (non-hydrogen) atoms. The number of rotatable bonds is 7. The number of aliphatic hydroxyl groups excluding tert-OH is 1. The second-order valence-electron chi connectivity index (χ2n) is 3.19. The summed E-state index contributed by atoms with van der Waals surface area (Å²) in [6.07, 6.45) is 7.31. The standard InChI is InChI=1S/C10H21O/c1-3-5-6-8-10(9-11)7-4-2/h9-11H,3-8H2,1-2H3. The molecule has 1 N–H and O–H groups in total. The minimum atomic E-state index is 0.451. The number of unbranched alkanes of at least 4 members (excludes halogenated alkanes) is 2. The molecule has 0 heterocycles. The monoisotopic (exact) mass is 157 g/mol. The highest BCUT2D eigenvalue weighted by Crippen LogP contribution is 2.16. The van der Waals surface area contributed by atoms with E-state index in [2.05, 4.69) is 13.8 Å². The predicted molar refractivity (Wildman–Crippen MR) is 48.8 cm³/mol. The van der Waals surface area contributed by atoms with Gasteiger partial charge >= 0.3 is 0 Å². The average Bonchev–Trinajstić information content (AvgIpc) is 2.03. The van der Waals surface area contributed by atoms with Crippen molar-refractivity contribution in [1.29, 1.82) is 0 Å². The Kier molecular flexibility index (Phi) is 8.03. The SMILES string of the molecule is CCCCCC([CH]O)CCC. The molecule has 1 heteroatoms. The molecule has 0 aromatic carbocycles. The van der Waals surface area contributed by atoms with Crippen LogP contribution in [-0.2, 0) is 0 Å². The van der Waals surface area contributed by atoms with Crippen molar-refractivity contribution in [3.05, 3.63) is 6.61 Å². The Balaban J connectivity index is 3.20. The zero-order valence-electron chi connectivity index (χ0n) is 7.84. The average molecular weight is 157 g/mol. The molecule has 0 aromatic rings. The molecule has 0 aliphatic heterocycles. The van der Waals surface area contributed by atoms with E-state index in [1.807, 2.05) is 0 Å². The minimum Gasteiger partial charge on any atom is -0.390 e. The van der Waals surface area contributed by atoms with Gasteiger partial charge in [0, 0.05) is 0 Å². The Morgan fingerprint density at radius 3 is 2.27 bits per heavy atom. The van der Waals surface area contributed by atoms with Crippen molar-refractivity contribution in [2.24, 2.45) is 5.92 Å². The maximum Gasteiger partial charge on any atom is 0.0829 e. The molecule has 1 atom stereocenters. The van der Waals surface area contributed by atoms with Crippen LogP contribution in [0.15, 0.2) is 0 Å². The summed E-state index contributed by atoms with van der Waals surface area (Å²) in [7, 11) is 0. The van der Waals surface area contributed by atoms with Gasteiger partial charge in [-0.1, -0.05) is 39.5 Å². The molecule has 1 radical (unpaired) electrons. The van der Waals surface area contributed by atoms with Crippen molar-refractivity contribution >= 4 is 0 Å². The Morgan fingerprint density at radius 1 is 1.09 bits per heavy atom. The van der Waals surface area contributed by atoms with Crippen LogP contribution in [0.3, 0.4) is 0 Å². The molecule has 0 spiro atoms. The van der Waals surface area contributed by atoms with Gasteiger partial charge in [0.25, 0.3) is 0 Å². The van der Waals surface area contributed by atoms with Gasteiger partial charge in [-0.15, -0.1) is 0 Å². The lowest BCUT2D eigenvalue weighted by molar-refractivity contribution is 0.287. The second-order valence-corrected chi connectivity index (χ2v) is 3.19. The quantitative estimate of drug-likeness (QED) is 0.561. The van der Waals surface area contributed by atoms with E-state index < -0.39 is 0 Å². The molecule has 0 aliphatic rings. The Hall–Kier alpha value is -0.0400. The summed E-state index contributed by atoms with van der Waals surface area (Å²) in [4.78, 5) is 0. The maximum absolute atomic E-state index is 8.83. The molecule has 0 aliphatic carbocycles. The van der Waals surface area contributed by atoms with E-state index in [1.54, 1.807) is 0 Å². The van der Waals surface area contributed by atoms with Crippen LogP contribution in [0.25, 0.3) is 0 Å². The zero-order chi connectivity index (χ0) is 8.53. The lowest BCUT2D eigenvalue weighted by Gasteiger charge is -2.10. The largest absolute Gasteiger partial charge is 0.390 e. The molecule has 0 saturated heterocycles. The first-order chi connectivity index (χ1) is 5.35. The first-order valence-corrected chi connectivity index (χ1v) is 4.82. The first kappa shape index (κ1) is 11.0. The van der Waals surface area contributed by atoms with Crippen LogP contribution in [0.4, 0.5) is 0 Å². The van der Waals surface area contributed by atoms with Crippen LogP contribution < -0.4 is 0 Å². The smallest absolute Gasteiger partial charge is 0.0829 e. The van der Waals surface area contributed by atoms with E-state index in [9.17, 15) is 0 Å². The highest BCUT2D eigenvalue weighted by atomic mass is 16.3. The maximum atomic E-state index is 8.83. The Morgan fingerprint density at radius 2 is 1.82 bits per heavy atom. The Bertz CT molecular complexity index is 71.3. The van der Waals surface area contributed by atoms with Gasteiger partial charge in [-0.3, -0.25) is 0 Å². The number of aliphatic hydroxyl groups is 1. The fourth-order valence-corrected chi connectivity index (χ4v) is 1.32. The highest BCUT2D eigenvalue weighted by Gasteiger charge is 2.04. The van der Waals surface area contributed by atoms with Crippen molar-refractivity contribution in [2.45, 2.75) is 52.4 Å². The van der Waals surface area contributed by atoms with Crippen LogP contribution >= 0.6 is 0 Å². The molecular weight excluding hydrogens is 136 g/mol. The van der Waals surface area contributed by atoms with Crippen LogP contribution in [-0.4, -0.2) is 5.11 Å². The summed E-state index contributed by atoms with van der Waals surface area (Å²) in [6.45, 7) is 5.74. The van der Waals surface area contributed by atoms with Crippen LogP contribution in [0.5, 0.6) is 0 Å². The van der Waals surface area contributed by atoms with Crippen LogP contribution in [0.2, 0.25) is 0 Å². The summed E-state index contributed by atoms with van der Waals surface area (Å²) < 4.78 is 0. The summed E-state index contributed by atoms with van der Waals surface area (Å²) in [6, 6.07) is 0. The van der Waals surface area contributed by atoms with Gasteiger partial charge in [-0.25, -0.2) is 0 Å². The second kappa shape index (κ2) is 8.06. The topological polar surface area (TPSA) is 20.2 Å². The highest BCUT2D eigenvalue weighted by molar-refractivity contribution is 4.65. The van der Waals surface area contributed by atoms with Gasteiger partial charge in [0.05, 0.1) is 6.61 Å². The molecule has 0 amide bonds. The fraction of sp³-hybridized carbons (Fsp3) is 0.900. The Labute approximate surface area is 70.8 Å². The van der Waals surface area contributed by atoms with E-state index in [0.717, 1.165) is 12.8 Å². The third-order valence-corrected chi connectivity index (χ3v) is 2.05. The van der Waals surface area contributed by atoms with Gasteiger partial charge in [-0.05, 0) is 18.8 Å². The van der Waals surface area contributed by atoms with Crippen molar-refractivity contribution < 1.29 is 5.11 Å². The van der Waals surface area contributed by atoms with Gasteiger partial charge in [0.2, 0.25) is 0 Å². The van der Waals surface area contributed by atoms with Crippen LogP contribution in [0.1, 0.15) is 52.4 Å². The summed E-state index contributed by atoms with van der Waals surface area (Å²) in [5, 5.41) is 8.83. The third-order valence-electron chi connectivity index (χ3n) is 2.05. The molecule has 67 valence electrons. The predicted octanol–water partition coefficient (Wildman–Crippen LogP) is 3.52. The minimum absolute atomic E-state index is 0.451. The normalized spacial score (nSPS) is 13.4. The fourth-order valence-electron chi connectivity index (χ4n) is 1.32. The first-order valence-electron chi connectivity index (χ1n) is 4.82. The van der Waals surface area contributed by atoms with E-state index in [0.29, 0.717) is 5.92 Å². The van der Waals surface area contributed by atoms with Gasteiger partial charge in [0.1, 0.15) is 0 Å². The van der Waals surface area contributed by atoms with E-state index in [1.165, 1.54) is 32.3 Å². The zero-order valence-corrected chi connectivity index (χ0v) is 7.84. The van der Waals surface area contributed by atoms with E-state index >= 15 is 0 Å². The molecule has 0 saturated carbocycles. The summed E-state index contributed by atoms with van der Waals surface area (Å²) in [5.74, 6) is 0.451. The molecule has 0 bridgehead atoms. The number of hydrogen-bond acceptors (Lipinski definition) is 1.